The molecule has 2 saturated heterocycles. The van der Waals surface area contributed by atoms with E-state index in [-0.39, 0.29) is 25.2 Å². The summed E-state index contributed by atoms with van der Waals surface area (Å²) in [5, 5.41) is 0. The number of alkyl halides is 3. The second-order valence-electron chi connectivity index (χ2n) is 6.15. The van der Waals surface area contributed by atoms with Gasteiger partial charge in [-0.25, -0.2) is 0 Å². The Balaban J connectivity index is 1.68. The number of nitrogens with zero attached hydrogens (tertiary/aromatic N) is 2. The van der Waals surface area contributed by atoms with Crippen molar-refractivity contribution < 1.29 is 18.0 Å². The first-order chi connectivity index (χ1) is 10.4. The van der Waals surface area contributed by atoms with Crippen molar-refractivity contribution in [2.45, 2.75) is 31.6 Å². The van der Waals surface area contributed by atoms with Crippen molar-refractivity contribution in [2.75, 3.05) is 19.6 Å². The summed E-state index contributed by atoms with van der Waals surface area (Å²) in [6, 6.07) is 10.1. The second-order valence-corrected chi connectivity index (χ2v) is 6.15. The van der Waals surface area contributed by atoms with Crippen LogP contribution in [0.1, 0.15) is 24.9 Å². The van der Waals surface area contributed by atoms with Gasteiger partial charge >= 0.3 is 12.1 Å². The summed E-state index contributed by atoms with van der Waals surface area (Å²) >= 11 is 0. The summed E-state index contributed by atoms with van der Waals surface area (Å²) in [6.07, 6.45) is -4.11. The quantitative estimate of drug-likeness (QED) is 0.838. The van der Waals surface area contributed by atoms with Gasteiger partial charge in [-0.1, -0.05) is 30.3 Å². The molecule has 0 N–H and O–H groups in total. The minimum Gasteiger partial charge on any atom is -0.333 e. The topological polar surface area (TPSA) is 23.6 Å². The first-order valence-electron chi connectivity index (χ1n) is 7.54. The molecule has 22 heavy (non-hydrogen) atoms. The predicted molar refractivity (Wildman–Crippen MR) is 76.1 cm³/mol. The molecule has 0 saturated carbocycles. The molecule has 3 rings (SSSR count). The van der Waals surface area contributed by atoms with Crippen LogP contribution in [-0.4, -0.2) is 47.6 Å². The average molecular weight is 312 g/mol. The SMILES string of the molecule is C[C@H](c1ccccc1)N1C[C@H]2CCN(C(=O)C(F)(F)F)C[C@H]21. The van der Waals surface area contributed by atoms with E-state index >= 15 is 0 Å². The van der Waals surface area contributed by atoms with Crippen molar-refractivity contribution in [3.63, 3.8) is 0 Å². The standard InChI is InChI=1S/C16H19F3N2O/c1-11(12-5-3-2-4-6-12)21-9-13-7-8-20(10-14(13)21)15(22)16(17,18)19/h2-6,11,13-14H,7-10H2,1H3/t11-,13-,14-/m1/s1. The number of piperidine rings is 1. The summed E-state index contributed by atoms with van der Waals surface area (Å²) in [5.74, 6) is -1.30. The van der Waals surface area contributed by atoms with Gasteiger partial charge in [-0.05, 0) is 24.8 Å². The lowest BCUT2D eigenvalue weighted by atomic mass is 9.80. The van der Waals surface area contributed by atoms with Gasteiger partial charge in [-0.2, -0.15) is 13.2 Å². The van der Waals surface area contributed by atoms with Crippen LogP contribution in [0.3, 0.4) is 0 Å². The smallest absolute Gasteiger partial charge is 0.333 e. The Hall–Kier alpha value is -1.56. The van der Waals surface area contributed by atoms with Crippen molar-refractivity contribution in [3.8, 4) is 0 Å². The molecule has 0 aliphatic carbocycles. The maximum absolute atomic E-state index is 12.6. The molecular formula is C16H19F3N2O. The van der Waals surface area contributed by atoms with Crippen LogP contribution in [0, 0.1) is 5.92 Å². The normalized spacial score (nSPS) is 27.0. The van der Waals surface area contributed by atoms with E-state index in [4.69, 9.17) is 0 Å². The number of likely N-dealkylation sites (tertiary alicyclic amines) is 2. The van der Waals surface area contributed by atoms with Crippen molar-refractivity contribution in [1.29, 1.82) is 0 Å². The Morgan fingerprint density at radius 3 is 2.55 bits per heavy atom. The highest BCUT2D eigenvalue weighted by molar-refractivity contribution is 5.82. The lowest BCUT2D eigenvalue weighted by Crippen LogP contribution is -2.65. The molecule has 0 unspecified atom stereocenters. The molecule has 0 aromatic heterocycles. The summed E-state index contributed by atoms with van der Waals surface area (Å²) in [5.41, 5.74) is 1.15. The van der Waals surface area contributed by atoms with E-state index < -0.39 is 12.1 Å². The third kappa shape index (κ3) is 2.72. The molecule has 120 valence electrons. The summed E-state index contributed by atoms with van der Waals surface area (Å²) in [6.45, 7) is 3.36. The summed E-state index contributed by atoms with van der Waals surface area (Å²) in [4.78, 5) is 14.6. The van der Waals surface area contributed by atoms with Gasteiger partial charge in [0.15, 0.2) is 0 Å². The highest BCUT2D eigenvalue weighted by atomic mass is 19.4. The van der Waals surface area contributed by atoms with Crippen LogP contribution in [0.5, 0.6) is 0 Å². The third-order valence-electron chi connectivity index (χ3n) is 4.90. The van der Waals surface area contributed by atoms with E-state index in [1.54, 1.807) is 0 Å². The van der Waals surface area contributed by atoms with Gasteiger partial charge in [-0.3, -0.25) is 9.69 Å². The highest BCUT2D eigenvalue weighted by Gasteiger charge is 2.49. The van der Waals surface area contributed by atoms with E-state index in [2.05, 4.69) is 11.8 Å². The van der Waals surface area contributed by atoms with Crippen LogP contribution in [0.4, 0.5) is 13.2 Å². The minimum absolute atomic E-state index is 0.0373. The zero-order valence-corrected chi connectivity index (χ0v) is 12.4. The first-order valence-corrected chi connectivity index (χ1v) is 7.54. The lowest BCUT2D eigenvalue weighted by molar-refractivity contribution is -0.191. The Bertz CT molecular complexity index is 546. The third-order valence-corrected chi connectivity index (χ3v) is 4.90. The van der Waals surface area contributed by atoms with E-state index in [0.29, 0.717) is 12.3 Å². The van der Waals surface area contributed by atoms with Crippen LogP contribution < -0.4 is 0 Å². The van der Waals surface area contributed by atoms with Crippen molar-refractivity contribution in [2.24, 2.45) is 5.92 Å². The maximum Gasteiger partial charge on any atom is 0.471 e. The number of hydrogen-bond acceptors (Lipinski definition) is 2. The first kappa shape index (κ1) is 15.3. The fraction of sp³-hybridized carbons (Fsp3) is 0.562. The van der Waals surface area contributed by atoms with Crippen LogP contribution >= 0.6 is 0 Å². The largest absolute Gasteiger partial charge is 0.471 e. The highest BCUT2D eigenvalue weighted by Crippen LogP contribution is 2.39. The van der Waals surface area contributed by atoms with Gasteiger partial charge in [0.25, 0.3) is 0 Å². The van der Waals surface area contributed by atoms with Gasteiger partial charge in [0, 0.05) is 31.7 Å². The number of halogens is 3. The van der Waals surface area contributed by atoms with Gasteiger partial charge < -0.3 is 4.90 Å². The van der Waals surface area contributed by atoms with Crippen molar-refractivity contribution >= 4 is 5.91 Å². The molecule has 2 fully saturated rings. The molecule has 1 aromatic rings. The Morgan fingerprint density at radius 1 is 1.23 bits per heavy atom. The fourth-order valence-corrected chi connectivity index (χ4v) is 3.57. The lowest BCUT2D eigenvalue weighted by Gasteiger charge is -2.55. The van der Waals surface area contributed by atoms with E-state index in [1.165, 1.54) is 0 Å². The Morgan fingerprint density at radius 2 is 1.91 bits per heavy atom. The van der Waals surface area contributed by atoms with Crippen LogP contribution in [0.25, 0.3) is 0 Å². The molecule has 0 spiro atoms. The van der Waals surface area contributed by atoms with Crippen LogP contribution in [-0.2, 0) is 4.79 Å². The average Bonchev–Trinajstić information content (AvgIpc) is 2.47. The van der Waals surface area contributed by atoms with Crippen LogP contribution in [0.15, 0.2) is 30.3 Å². The predicted octanol–water partition coefficient (Wildman–Crippen LogP) is 2.84. The molecule has 2 heterocycles. The summed E-state index contributed by atoms with van der Waals surface area (Å²) < 4.78 is 37.8. The number of carbonyl (C=O) groups excluding carboxylic acids is 1. The van der Waals surface area contributed by atoms with Crippen LogP contribution in [0.2, 0.25) is 0 Å². The Kier molecular flexibility index (Phi) is 3.89. The van der Waals surface area contributed by atoms with Crippen molar-refractivity contribution in [1.82, 2.24) is 9.80 Å². The molecule has 0 radical (unpaired) electrons. The molecule has 2 aliphatic heterocycles. The fourth-order valence-electron chi connectivity index (χ4n) is 3.57. The maximum atomic E-state index is 12.6. The van der Waals surface area contributed by atoms with E-state index in [0.717, 1.165) is 17.0 Å². The number of benzene rings is 1. The zero-order valence-electron chi connectivity index (χ0n) is 12.4. The zero-order chi connectivity index (χ0) is 15.9. The molecule has 1 amide bonds. The van der Waals surface area contributed by atoms with Gasteiger partial charge in [-0.15, -0.1) is 0 Å². The number of carbonyl (C=O) groups is 1. The monoisotopic (exact) mass is 312 g/mol. The van der Waals surface area contributed by atoms with Gasteiger partial charge in [0.2, 0.25) is 0 Å². The number of amides is 1. The number of hydrogen-bond donors (Lipinski definition) is 0. The van der Waals surface area contributed by atoms with Gasteiger partial charge in [0.05, 0.1) is 0 Å². The molecular weight excluding hydrogens is 293 g/mol. The Labute approximate surface area is 127 Å². The van der Waals surface area contributed by atoms with Crippen molar-refractivity contribution in [3.05, 3.63) is 35.9 Å². The molecule has 2 aliphatic rings. The molecule has 3 atom stereocenters. The minimum atomic E-state index is -4.77. The second kappa shape index (κ2) is 5.57. The molecule has 6 heteroatoms. The van der Waals surface area contributed by atoms with E-state index in [9.17, 15) is 18.0 Å². The molecule has 1 aromatic carbocycles. The summed E-state index contributed by atoms with van der Waals surface area (Å²) in [7, 11) is 0. The number of fused-ring (bicyclic) bond motifs is 1. The van der Waals surface area contributed by atoms with E-state index in [1.807, 2.05) is 30.3 Å². The molecule has 3 nitrogen and oxygen atoms in total. The molecule has 0 bridgehead atoms. The number of rotatable bonds is 2. The van der Waals surface area contributed by atoms with Gasteiger partial charge in [0.1, 0.15) is 0 Å².